The Balaban J connectivity index is 1.42. The maximum absolute atomic E-state index is 12.1. The van der Waals surface area contributed by atoms with E-state index < -0.39 is 0 Å². The third kappa shape index (κ3) is 4.28. The van der Waals surface area contributed by atoms with Crippen LogP contribution < -0.4 is 5.32 Å². The van der Waals surface area contributed by atoms with Crippen LogP contribution in [0.5, 0.6) is 0 Å². The Morgan fingerprint density at radius 3 is 2.62 bits per heavy atom. The molecule has 0 atom stereocenters. The summed E-state index contributed by atoms with van der Waals surface area (Å²) in [6.45, 7) is 9.98. The fourth-order valence-electron chi connectivity index (χ4n) is 3.30. The van der Waals surface area contributed by atoms with Gasteiger partial charge < -0.3 is 9.73 Å². The van der Waals surface area contributed by atoms with Crippen LogP contribution in [0.1, 0.15) is 45.2 Å². The van der Waals surface area contributed by atoms with Crippen LogP contribution >= 0.6 is 11.3 Å². The van der Waals surface area contributed by atoms with Crippen molar-refractivity contribution >= 4 is 17.2 Å². The SMILES string of the molecule is Cc1csc(C(=O)NCC2CCN(Cc3cc(C)oc3C)CC2)c1. The van der Waals surface area contributed by atoms with Gasteiger partial charge in [0.15, 0.2) is 0 Å². The number of furan rings is 1. The second-order valence-electron chi connectivity index (χ2n) is 6.86. The molecule has 2 aromatic rings. The van der Waals surface area contributed by atoms with Gasteiger partial charge in [-0.1, -0.05) is 0 Å². The number of rotatable bonds is 5. The summed E-state index contributed by atoms with van der Waals surface area (Å²) in [7, 11) is 0. The van der Waals surface area contributed by atoms with Gasteiger partial charge in [-0.15, -0.1) is 11.3 Å². The van der Waals surface area contributed by atoms with Crippen molar-refractivity contribution in [1.82, 2.24) is 10.2 Å². The molecule has 0 spiro atoms. The molecule has 0 aliphatic carbocycles. The molecular weight excluding hydrogens is 320 g/mol. The van der Waals surface area contributed by atoms with Crippen molar-refractivity contribution in [3.63, 3.8) is 0 Å². The van der Waals surface area contributed by atoms with Gasteiger partial charge in [0.25, 0.3) is 5.91 Å². The van der Waals surface area contributed by atoms with E-state index in [1.807, 2.05) is 32.2 Å². The molecule has 0 aromatic carbocycles. The lowest BCUT2D eigenvalue weighted by Crippen LogP contribution is -2.38. The number of piperidine rings is 1. The monoisotopic (exact) mass is 346 g/mol. The first-order chi connectivity index (χ1) is 11.5. The number of carbonyl (C=O) groups excluding carboxylic acids is 1. The fourth-order valence-corrected chi connectivity index (χ4v) is 4.12. The molecule has 1 saturated heterocycles. The highest BCUT2D eigenvalue weighted by atomic mass is 32.1. The highest BCUT2D eigenvalue weighted by Crippen LogP contribution is 2.21. The summed E-state index contributed by atoms with van der Waals surface area (Å²) < 4.78 is 5.61. The predicted molar refractivity (Wildman–Crippen MR) is 97.6 cm³/mol. The molecule has 130 valence electrons. The summed E-state index contributed by atoms with van der Waals surface area (Å²) >= 11 is 1.52. The van der Waals surface area contributed by atoms with Crippen molar-refractivity contribution in [3.05, 3.63) is 45.0 Å². The lowest BCUT2D eigenvalue weighted by Gasteiger charge is -2.31. The van der Waals surface area contributed by atoms with E-state index in [1.165, 1.54) is 16.9 Å². The van der Waals surface area contributed by atoms with E-state index in [0.717, 1.165) is 61.0 Å². The molecule has 1 aliphatic rings. The van der Waals surface area contributed by atoms with Gasteiger partial charge in [-0.25, -0.2) is 0 Å². The Kier molecular flexibility index (Phi) is 5.41. The van der Waals surface area contributed by atoms with E-state index in [9.17, 15) is 4.79 Å². The second kappa shape index (κ2) is 7.53. The van der Waals surface area contributed by atoms with Crippen molar-refractivity contribution < 1.29 is 9.21 Å². The van der Waals surface area contributed by atoms with Crippen molar-refractivity contribution in [3.8, 4) is 0 Å². The molecule has 1 aliphatic heterocycles. The minimum absolute atomic E-state index is 0.0695. The highest BCUT2D eigenvalue weighted by molar-refractivity contribution is 7.12. The van der Waals surface area contributed by atoms with Crippen LogP contribution in [0.4, 0.5) is 0 Å². The molecule has 0 radical (unpaired) electrons. The first kappa shape index (κ1) is 17.2. The molecule has 0 unspecified atom stereocenters. The van der Waals surface area contributed by atoms with Crippen LogP contribution in [0, 0.1) is 26.7 Å². The Bertz CT molecular complexity index is 696. The van der Waals surface area contributed by atoms with Crippen LogP contribution in [-0.2, 0) is 6.54 Å². The number of nitrogens with one attached hydrogen (secondary N) is 1. The lowest BCUT2D eigenvalue weighted by molar-refractivity contribution is 0.0939. The average Bonchev–Trinajstić information content (AvgIpc) is 3.12. The molecule has 2 aromatic heterocycles. The van der Waals surface area contributed by atoms with Crippen LogP contribution in [0.25, 0.3) is 0 Å². The van der Waals surface area contributed by atoms with Gasteiger partial charge in [0.1, 0.15) is 11.5 Å². The maximum atomic E-state index is 12.1. The molecule has 5 heteroatoms. The van der Waals surface area contributed by atoms with Gasteiger partial charge in [-0.2, -0.15) is 0 Å². The van der Waals surface area contributed by atoms with Crippen LogP contribution in [0.2, 0.25) is 0 Å². The molecule has 4 nitrogen and oxygen atoms in total. The summed E-state index contributed by atoms with van der Waals surface area (Å²) in [4.78, 5) is 15.4. The number of carbonyl (C=O) groups is 1. The van der Waals surface area contributed by atoms with E-state index in [0.29, 0.717) is 5.92 Å². The first-order valence-electron chi connectivity index (χ1n) is 8.63. The topological polar surface area (TPSA) is 45.5 Å². The van der Waals surface area contributed by atoms with Gasteiger partial charge in [0.05, 0.1) is 4.88 Å². The standard InChI is InChI=1S/C19H26N2O2S/c1-13-8-18(24-12-13)19(22)20-10-16-4-6-21(7-5-16)11-17-9-14(2)23-15(17)3/h8-9,12,16H,4-7,10-11H2,1-3H3,(H,20,22). The van der Waals surface area contributed by atoms with E-state index in [1.54, 1.807) is 0 Å². The smallest absolute Gasteiger partial charge is 0.261 e. The summed E-state index contributed by atoms with van der Waals surface area (Å²) in [6, 6.07) is 4.10. The Morgan fingerprint density at radius 2 is 2.04 bits per heavy atom. The minimum Gasteiger partial charge on any atom is -0.466 e. The Morgan fingerprint density at radius 1 is 1.29 bits per heavy atom. The summed E-state index contributed by atoms with van der Waals surface area (Å²) in [5, 5.41) is 5.12. The third-order valence-electron chi connectivity index (χ3n) is 4.75. The quantitative estimate of drug-likeness (QED) is 0.893. The van der Waals surface area contributed by atoms with E-state index in [-0.39, 0.29) is 5.91 Å². The minimum atomic E-state index is 0.0695. The van der Waals surface area contributed by atoms with E-state index in [4.69, 9.17) is 4.42 Å². The summed E-state index contributed by atoms with van der Waals surface area (Å²) in [5.74, 6) is 2.68. The van der Waals surface area contributed by atoms with E-state index >= 15 is 0 Å². The molecular formula is C19H26N2O2S. The van der Waals surface area contributed by atoms with Crippen LogP contribution in [0.15, 0.2) is 21.9 Å². The predicted octanol–water partition coefficient (Wildman–Crippen LogP) is 3.91. The molecule has 3 rings (SSSR count). The lowest BCUT2D eigenvalue weighted by atomic mass is 9.96. The Hall–Kier alpha value is -1.59. The van der Waals surface area contributed by atoms with Gasteiger partial charge in [0.2, 0.25) is 0 Å². The third-order valence-corrected chi connectivity index (χ3v) is 5.80. The van der Waals surface area contributed by atoms with Gasteiger partial charge >= 0.3 is 0 Å². The average molecular weight is 346 g/mol. The molecule has 1 fully saturated rings. The molecule has 0 bridgehead atoms. The van der Waals surface area contributed by atoms with E-state index in [2.05, 4.69) is 16.3 Å². The van der Waals surface area contributed by atoms with Crippen molar-refractivity contribution in [2.75, 3.05) is 19.6 Å². The maximum Gasteiger partial charge on any atom is 0.261 e. The normalized spacial score (nSPS) is 16.5. The molecule has 24 heavy (non-hydrogen) atoms. The molecule has 1 amide bonds. The zero-order valence-corrected chi connectivity index (χ0v) is 15.5. The number of nitrogens with zero attached hydrogens (tertiary/aromatic N) is 1. The van der Waals surface area contributed by atoms with Crippen molar-refractivity contribution in [2.24, 2.45) is 5.92 Å². The summed E-state index contributed by atoms with van der Waals surface area (Å²) in [5.41, 5.74) is 2.45. The molecule has 3 heterocycles. The number of amides is 1. The zero-order valence-electron chi connectivity index (χ0n) is 14.7. The number of hydrogen-bond donors (Lipinski definition) is 1. The number of hydrogen-bond acceptors (Lipinski definition) is 4. The fraction of sp³-hybridized carbons (Fsp3) is 0.526. The van der Waals surface area contributed by atoms with Gasteiger partial charge in [0, 0.05) is 18.7 Å². The van der Waals surface area contributed by atoms with Gasteiger partial charge in [-0.3, -0.25) is 9.69 Å². The van der Waals surface area contributed by atoms with Crippen molar-refractivity contribution in [2.45, 2.75) is 40.2 Å². The zero-order chi connectivity index (χ0) is 17.1. The van der Waals surface area contributed by atoms with Crippen LogP contribution in [0.3, 0.4) is 0 Å². The number of thiophene rings is 1. The summed E-state index contributed by atoms with van der Waals surface area (Å²) in [6.07, 6.45) is 2.28. The molecule has 0 saturated carbocycles. The van der Waals surface area contributed by atoms with Crippen LogP contribution in [-0.4, -0.2) is 30.4 Å². The van der Waals surface area contributed by atoms with Gasteiger partial charge in [-0.05, 0) is 75.7 Å². The second-order valence-corrected chi connectivity index (χ2v) is 7.77. The number of aryl methyl sites for hydroxylation is 3. The first-order valence-corrected chi connectivity index (χ1v) is 9.51. The molecule has 1 N–H and O–H groups in total. The number of likely N-dealkylation sites (tertiary alicyclic amines) is 1. The van der Waals surface area contributed by atoms with Crippen molar-refractivity contribution in [1.29, 1.82) is 0 Å². The Labute approximate surface area is 147 Å². The largest absolute Gasteiger partial charge is 0.466 e. The highest BCUT2D eigenvalue weighted by Gasteiger charge is 2.21.